The SMILES string of the molecule is O=C(NC1CC1)c1ccc(-c2cncc(C(=O)NC3CCN(Cc4ccccc4)CC3)c2)cc1. The van der Waals surface area contributed by atoms with E-state index in [4.69, 9.17) is 0 Å². The molecular weight excluding hydrogens is 424 g/mol. The molecule has 3 aromatic rings. The average Bonchev–Trinajstić information content (AvgIpc) is 3.70. The van der Waals surface area contributed by atoms with Gasteiger partial charge in [-0.25, -0.2) is 0 Å². The monoisotopic (exact) mass is 454 g/mol. The van der Waals surface area contributed by atoms with Crippen molar-refractivity contribution in [3.63, 3.8) is 0 Å². The van der Waals surface area contributed by atoms with Crippen LogP contribution in [0.2, 0.25) is 0 Å². The van der Waals surface area contributed by atoms with Gasteiger partial charge in [-0.05, 0) is 55.0 Å². The maximum Gasteiger partial charge on any atom is 0.253 e. The van der Waals surface area contributed by atoms with Crippen LogP contribution in [0.5, 0.6) is 0 Å². The van der Waals surface area contributed by atoms with E-state index >= 15 is 0 Å². The fourth-order valence-corrected chi connectivity index (χ4v) is 4.38. The number of rotatable bonds is 7. The highest BCUT2D eigenvalue weighted by molar-refractivity contribution is 5.96. The number of amides is 2. The van der Waals surface area contributed by atoms with Gasteiger partial charge in [-0.2, -0.15) is 0 Å². The fourth-order valence-electron chi connectivity index (χ4n) is 4.38. The van der Waals surface area contributed by atoms with Gasteiger partial charge >= 0.3 is 0 Å². The molecule has 0 radical (unpaired) electrons. The number of hydrogen-bond donors (Lipinski definition) is 2. The van der Waals surface area contributed by atoms with Gasteiger partial charge in [0.05, 0.1) is 5.56 Å². The summed E-state index contributed by atoms with van der Waals surface area (Å²) in [4.78, 5) is 31.8. The van der Waals surface area contributed by atoms with Crippen molar-refractivity contribution in [2.24, 2.45) is 0 Å². The van der Waals surface area contributed by atoms with Gasteiger partial charge in [0.2, 0.25) is 0 Å². The van der Waals surface area contributed by atoms with Gasteiger partial charge in [0, 0.05) is 55.2 Å². The summed E-state index contributed by atoms with van der Waals surface area (Å²) in [6.45, 7) is 2.89. The molecule has 0 atom stereocenters. The largest absolute Gasteiger partial charge is 0.349 e. The first-order valence-corrected chi connectivity index (χ1v) is 12.1. The predicted octanol–water partition coefficient (Wildman–Crippen LogP) is 4.04. The highest BCUT2D eigenvalue weighted by Gasteiger charge is 2.24. The number of piperidine rings is 1. The minimum absolute atomic E-state index is 0.0323. The summed E-state index contributed by atoms with van der Waals surface area (Å²) in [6.07, 6.45) is 7.37. The molecule has 2 heterocycles. The van der Waals surface area contributed by atoms with Crippen molar-refractivity contribution in [1.29, 1.82) is 0 Å². The Balaban J connectivity index is 1.16. The summed E-state index contributed by atoms with van der Waals surface area (Å²) in [5, 5.41) is 6.19. The molecule has 174 valence electrons. The molecule has 2 aromatic carbocycles. The number of carbonyl (C=O) groups excluding carboxylic acids is 2. The minimum Gasteiger partial charge on any atom is -0.349 e. The molecule has 0 spiro atoms. The Labute approximate surface area is 200 Å². The summed E-state index contributed by atoms with van der Waals surface area (Å²) in [5.41, 5.74) is 4.32. The molecule has 1 aliphatic carbocycles. The highest BCUT2D eigenvalue weighted by atomic mass is 16.2. The van der Waals surface area contributed by atoms with Crippen LogP contribution in [0.4, 0.5) is 0 Å². The van der Waals surface area contributed by atoms with Crippen LogP contribution in [0.15, 0.2) is 73.1 Å². The zero-order chi connectivity index (χ0) is 23.3. The summed E-state index contributed by atoms with van der Waals surface area (Å²) < 4.78 is 0. The number of benzene rings is 2. The van der Waals surface area contributed by atoms with Crippen LogP contribution in [0.1, 0.15) is 52.0 Å². The van der Waals surface area contributed by atoms with Crippen LogP contribution in [0.3, 0.4) is 0 Å². The summed E-state index contributed by atoms with van der Waals surface area (Å²) in [7, 11) is 0. The van der Waals surface area contributed by atoms with E-state index in [-0.39, 0.29) is 17.9 Å². The first kappa shape index (κ1) is 22.3. The van der Waals surface area contributed by atoms with E-state index in [0.29, 0.717) is 17.2 Å². The van der Waals surface area contributed by atoms with Gasteiger partial charge in [0.1, 0.15) is 0 Å². The maximum absolute atomic E-state index is 12.9. The Morgan fingerprint density at radius 3 is 2.09 bits per heavy atom. The maximum atomic E-state index is 12.9. The first-order chi connectivity index (χ1) is 16.6. The summed E-state index contributed by atoms with van der Waals surface area (Å²) >= 11 is 0. The van der Waals surface area contributed by atoms with E-state index < -0.39 is 0 Å². The molecule has 34 heavy (non-hydrogen) atoms. The molecule has 2 aliphatic rings. The van der Waals surface area contributed by atoms with Crippen molar-refractivity contribution in [1.82, 2.24) is 20.5 Å². The molecule has 1 aromatic heterocycles. The van der Waals surface area contributed by atoms with E-state index in [0.717, 1.165) is 56.4 Å². The Morgan fingerprint density at radius 2 is 1.41 bits per heavy atom. The molecule has 2 amide bonds. The van der Waals surface area contributed by atoms with Crippen LogP contribution in [-0.4, -0.2) is 46.9 Å². The number of likely N-dealkylation sites (tertiary alicyclic amines) is 1. The standard InChI is InChI=1S/C28H30N4O2/c33-27(30-25-10-11-25)22-8-6-21(7-9-22)23-16-24(18-29-17-23)28(34)31-26-12-14-32(15-13-26)19-20-4-2-1-3-5-20/h1-9,16-18,25-26H,10-15,19H2,(H,30,33)(H,31,34). The van der Waals surface area contributed by atoms with Crippen LogP contribution < -0.4 is 10.6 Å². The normalized spacial score (nSPS) is 16.7. The molecule has 6 heteroatoms. The van der Waals surface area contributed by atoms with Crippen LogP contribution in [0.25, 0.3) is 11.1 Å². The third-order valence-corrected chi connectivity index (χ3v) is 6.57. The Hall–Kier alpha value is -3.51. The van der Waals surface area contributed by atoms with E-state index in [9.17, 15) is 9.59 Å². The predicted molar refractivity (Wildman–Crippen MR) is 132 cm³/mol. The van der Waals surface area contributed by atoms with Gasteiger partial charge in [-0.1, -0.05) is 42.5 Å². The molecule has 2 N–H and O–H groups in total. The van der Waals surface area contributed by atoms with Crippen molar-refractivity contribution >= 4 is 11.8 Å². The number of nitrogens with one attached hydrogen (secondary N) is 2. The number of nitrogens with zero attached hydrogens (tertiary/aromatic N) is 2. The molecular formula is C28H30N4O2. The van der Waals surface area contributed by atoms with Crippen LogP contribution >= 0.6 is 0 Å². The molecule has 0 bridgehead atoms. The van der Waals surface area contributed by atoms with Crippen molar-refractivity contribution in [2.75, 3.05) is 13.1 Å². The lowest BCUT2D eigenvalue weighted by molar-refractivity contribution is 0.0907. The lowest BCUT2D eigenvalue weighted by Crippen LogP contribution is -2.44. The smallest absolute Gasteiger partial charge is 0.253 e. The van der Waals surface area contributed by atoms with Gasteiger partial charge in [-0.3, -0.25) is 19.5 Å². The zero-order valence-corrected chi connectivity index (χ0v) is 19.2. The zero-order valence-electron chi connectivity index (χ0n) is 19.2. The summed E-state index contributed by atoms with van der Waals surface area (Å²) in [6, 6.07) is 20.3. The molecule has 1 saturated heterocycles. The van der Waals surface area contributed by atoms with Crippen LogP contribution in [0, 0.1) is 0 Å². The lowest BCUT2D eigenvalue weighted by atomic mass is 10.0. The number of aromatic nitrogens is 1. The minimum atomic E-state index is -0.0868. The van der Waals surface area contributed by atoms with Crippen molar-refractivity contribution in [3.05, 3.63) is 89.7 Å². The average molecular weight is 455 g/mol. The molecule has 0 unspecified atom stereocenters. The van der Waals surface area contributed by atoms with E-state index in [1.54, 1.807) is 12.4 Å². The van der Waals surface area contributed by atoms with E-state index in [2.05, 4.69) is 44.8 Å². The van der Waals surface area contributed by atoms with Crippen LogP contribution in [-0.2, 0) is 6.54 Å². The van der Waals surface area contributed by atoms with E-state index in [1.165, 1.54) is 5.56 Å². The second kappa shape index (κ2) is 10.2. The first-order valence-electron chi connectivity index (χ1n) is 12.1. The van der Waals surface area contributed by atoms with Gasteiger partial charge in [-0.15, -0.1) is 0 Å². The molecule has 5 rings (SSSR count). The van der Waals surface area contributed by atoms with Crippen molar-refractivity contribution in [3.8, 4) is 11.1 Å². The topological polar surface area (TPSA) is 74.3 Å². The molecule has 2 fully saturated rings. The van der Waals surface area contributed by atoms with Crippen molar-refractivity contribution < 1.29 is 9.59 Å². The van der Waals surface area contributed by atoms with Gasteiger partial charge in [0.25, 0.3) is 11.8 Å². The Kier molecular flexibility index (Phi) is 6.67. The second-order valence-corrected chi connectivity index (χ2v) is 9.30. The quantitative estimate of drug-likeness (QED) is 0.565. The number of carbonyl (C=O) groups is 2. The lowest BCUT2D eigenvalue weighted by Gasteiger charge is -2.32. The Morgan fingerprint density at radius 1 is 0.765 bits per heavy atom. The third kappa shape index (κ3) is 5.69. The Bertz CT molecular complexity index is 1130. The van der Waals surface area contributed by atoms with Gasteiger partial charge in [0.15, 0.2) is 0 Å². The number of hydrogen-bond acceptors (Lipinski definition) is 4. The van der Waals surface area contributed by atoms with Gasteiger partial charge < -0.3 is 10.6 Å². The fraction of sp³-hybridized carbons (Fsp3) is 0.321. The molecule has 1 aliphatic heterocycles. The molecule has 1 saturated carbocycles. The molecule has 6 nitrogen and oxygen atoms in total. The highest BCUT2D eigenvalue weighted by Crippen LogP contribution is 2.22. The summed E-state index contributed by atoms with van der Waals surface area (Å²) in [5.74, 6) is -0.119. The number of pyridine rings is 1. The third-order valence-electron chi connectivity index (χ3n) is 6.57. The van der Waals surface area contributed by atoms with E-state index in [1.807, 2.05) is 36.4 Å². The second-order valence-electron chi connectivity index (χ2n) is 9.30. The van der Waals surface area contributed by atoms with Crippen molar-refractivity contribution in [2.45, 2.75) is 44.3 Å².